The highest BCUT2D eigenvalue weighted by atomic mass is 19.1. The summed E-state index contributed by atoms with van der Waals surface area (Å²) in [7, 11) is 0. The van der Waals surface area contributed by atoms with Crippen LogP contribution in [0.15, 0.2) is 42.5 Å². The van der Waals surface area contributed by atoms with E-state index in [2.05, 4.69) is 5.32 Å². The predicted octanol–water partition coefficient (Wildman–Crippen LogP) is 3.26. The second-order valence-electron chi connectivity index (χ2n) is 5.39. The maximum absolute atomic E-state index is 13.4. The maximum atomic E-state index is 13.4. The zero-order chi connectivity index (χ0) is 18.2. The van der Waals surface area contributed by atoms with Crippen LogP contribution in [0.1, 0.15) is 18.1 Å². The normalized spacial score (nSPS) is 10.2. The molecule has 0 radical (unpaired) electrons. The van der Waals surface area contributed by atoms with Gasteiger partial charge in [0.2, 0.25) is 0 Å². The van der Waals surface area contributed by atoms with Crippen molar-refractivity contribution in [2.24, 2.45) is 0 Å². The third-order valence-electron chi connectivity index (χ3n) is 3.55. The molecule has 1 N–H and O–H groups in total. The number of carbonyl (C=O) groups is 2. The van der Waals surface area contributed by atoms with Gasteiger partial charge in [-0.3, -0.25) is 4.79 Å². The molecular weight excluding hydrogens is 325 g/mol. The monoisotopic (exact) mass is 345 g/mol. The fourth-order valence-corrected chi connectivity index (χ4v) is 2.26. The van der Waals surface area contributed by atoms with Gasteiger partial charge < -0.3 is 14.8 Å². The van der Waals surface area contributed by atoms with Crippen LogP contribution in [0.4, 0.5) is 10.1 Å². The van der Waals surface area contributed by atoms with E-state index in [1.54, 1.807) is 6.07 Å². The zero-order valence-corrected chi connectivity index (χ0v) is 14.2. The molecular formula is C19H20FNO4. The molecule has 2 aromatic carbocycles. The highest BCUT2D eigenvalue weighted by Gasteiger charge is 2.12. The Kier molecular flexibility index (Phi) is 6.51. The van der Waals surface area contributed by atoms with E-state index in [0.717, 1.165) is 23.2 Å². The Bertz CT molecular complexity index is 761. The SMILES string of the molecule is CCc1cccc(C)c1NC(=O)COC(=O)COc1ccccc1F. The van der Waals surface area contributed by atoms with Crippen LogP contribution < -0.4 is 10.1 Å². The summed E-state index contributed by atoms with van der Waals surface area (Å²) >= 11 is 0. The van der Waals surface area contributed by atoms with Crippen LogP contribution >= 0.6 is 0 Å². The van der Waals surface area contributed by atoms with Crippen LogP contribution in [0.25, 0.3) is 0 Å². The van der Waals surface area contributed by atoms with Crippen molar-refractivity contribution in [2.75, 3.05) is 18.5 Å². The molecule has 0 spiro atoms. The fraction of sp³-hybridized carbons (Fsp3) is 0.263. The van der Waals surface area contributed by atoms with Crippen LogP contribution in [0, 0.1) is 12.7 Å². The molecule has 132 valence electrons. The molecule has 2 rings (SSSR count). The molecule has 25 heavy (non-hydrogen) atoms. The van der Waals surface area contributed by atoms with Gasteiger partial charge in [-0.1, -0.05) is 37.3 Å². The number of aryl methyl sites for hydroxylation is 2. The van der Waals surface area contributed by atoms with E-state index in [4.69, 9.17) is 9.47 Å². The van der Waals surface area contributed by atoms with Gasteiger partial charge >= 0.3 is 5.97 Å². The number of anilines is 1. The Balaban J connectivity index is 1.82. The molecule has 0 aliphatic heterocycles. The summed E-state index contributed by atoms with van der Waals surface area (Å²) in [5.41, 5.74) is 2.66. The first-order chi connectivity index (χ1) is 12.0. The van der Waals surface area contributed by atoms with Crippen LogP contribution in [0.2, 0.25) is 0 Å². The number of esters is 1. The van der Waals surface area contributed by atoms with Crippen molar-refractivity contribution in [2.45, 2.75) is 20.3 Å². The standard InChI is InChI=1S/C19H20FNO4/c1-3-14-8-6-7-13(2)19(14)21-17(22)11-25-18(23)12-24-16-10-5-4-9-15(16)20/h4-10H,3,11-12H2,1-2H3,(H,21,22). The van der Waals surface area contributed by atoms with Gasteiger partial charge in [0.05, 0.1) is 0 Å². The fourth-order valence-electron chi connectivity index (χ4n) is 2.26. The number of carbonyl (C=O) groups excluding carboxylic acids is 2. The molecule has 2 aromatic rings. The van der Waals surface area contributed by atoms with Gasteiger partial charge in [0.1, 0.15) is 0 Å². The largest absolute Gasteiger partial charge is 0.479 e. The summed E-state index contributed by atoms with van der Waals surface area (Å²) in [6, 6.07) is 11.5. The number of hydrogen-bond acceptors (Lipinski definition) is 4. The van der Waals surface area contributed by atoms with E-state index in [1.807, 2.05) is 32.0 Å². The molecule has 0 atom stereocenters. The second-order valence-corrected chi connectivity index (χ2v) is 5.39. The van der Waals surface area contributed by atoms with E-state index in [9.17, 15) is 14.0 Å². The van der Waals surface area contributed by atoms with Crippen molar-refractivity contribution in [3.05, 3.63) is 59.4 Å². The molecule has 5 nitrogen and oxygen atoms in total. The number of rotatable bonds is 7. The molecule has 0 heterocycles. The molecule has 0 saturated heterocycles. The van der Waals surface area contributed by atoms with E-state index >= 15 is 0 Å². The molecule has 0 aliphatic carbocycles. The van der Waals surface area contributed by atoms with Crippen LogP contribution in [-0.2, 0) is 20.7 Å². The Labute approximate surface area is 145 Å². The van der Waals surface area contributed by atoms with Crippen molar-refractivity contribution in [3.8, 4) is 5.75 Å². The Hall–Kier alpha value is -2.89. The number of ether oxygens (including phenoxy) is 2. The highest BCUT2D eigenvalue weighted by molar-refractivity contribution is 5.94. The Morgan fingerprint density at radius 1 is 1.08 bits per heavy atom. The van der Waals surface area contributed by atoms with Crippen LogP contribution in [0.3, 0.4) is 0 Å². The molecule has 0 unspecified atom stereocenters. The summed E-state index contributed by atoms with van der Waals surface area (Å²) in [6.45, 7) is 2.98. The number of halogens is 1. The van der Waals surface area contributed by atoms with E-state index in [-0.39, 0.29) is 5.75 Å². The van der Waals surface area contributed by atoms with Gasteiger partial charge in [-0.15, -0.1) is 0 Å². The lowest BCUT2D eigenvalue weighted by molar-refractivity contribution is -0.149. The summed E-state index contributed by atoms with van der Waals surface area (Å²) in [6.07, 6.45) is 0.771. The first kappa shape index (κ1) is 18.4. The quantitative estimate of drug-likeness (QED) is 0.783. The third-order valence-corrected chi connectivity index (χ3v) is 3.55. The minimum atomic E-state index is -0.751. The lowest BCUT2D eigenvalue weighted by atomic mass is 10.1. The number of amides is 1. The number of benzene rings is 2. The molecule has 0 bridgehead atoms. The number of nitrogens with one attached hydrogen (secondary N) is 1. The van der Waals surface area contributed by atoms with Crippen molar-refractivity contribution < 1.29 is 23.5 Å². The average molecular weight is 345 g/mol. The van der Waals surface area contributed by atoms with Crippen molar-refractivity contribution in [1.82, 2.24) is 0 Å². The van der Waals surface area contributed by atoms with E-state index < -0.39 is 30.9 Å². The first-order valence-corrected chi connectivity index (χ1v) is 7.92. The smallest absolute Gasteiger partial charge is 0.344 e. The van der Waals surface area contributed by atoms with Crippen molar-refractivity contribution in [1.29, 1.82) is 0 Å². The van der Waals surface area contributed by atoms with Gasteiger partial charge in [-0.2, -0.15) is 0 Å². The second kappa shape index (κ2) is 8.82. The molecule has 0 aromatic heterocycles. The van der Waals surface area contributed by atoms with Crippen LogP contribution in [0.5, 0.6) is 5.75 Å². The van der Waals surface area contributed by atoms with Gasteiger partial charge in [0.25, 0.3) is 5.91 Å². The van der Waals surface area contributed by atoms with Crippen molar-refractivity contribution in [3.63, 3.8) is 0 Å². The third kappa shape index (κ3) is 5.31. The average Bonchev–Trinajstić information content (AvgIpc) is 2.61. The topological polar surface area (TPSA) is 64.6 Å². The van der Waals surface area contributed by atoms with Gasteiger partial charge in [0.15, 0.2) is 24.8 Å². The summed E-state index contributed by atoms with van der Waals surface area (Å²) < 4.78 is 23.2. The predicted molar refractivity (Wildman–Crippen MR) is 92.0 cm³/mol. The number of hydrogen-bond donors (Lipinski definition) is 1. The Morgan fingerprint density at radius 2 is 1.84 bits per heavy atom. The lowest BCUT2D eigenvalue weighted by Gasteiger charge is -2.13. The maximum Gasteiger partial charge on any atom is 0.344 e. The summed E-state index contributed by atoms with van der Waals surface area (Å²) in [5, 5.41) is 2.75. The number of para-hydroxylation sites is 2. The zero-order valence-electron chi connectivity index (χ0n) is 14.2. The lowest BCUT2D eigenvalue weighted by Crippen LogP contribution is -2.24. The molecule has 0 aliphatic rings. The van der Waals surface area contributed by atoms with Gasteiger partial charge in [0, 0.05) is 5.69 Å². The molecule has 0 saturated carbocycles. The van der Waals surface area contributed by atoms with Crippen LogP contribution in [-0.4, -0.2) is 25.1 Å². The first-order valence-electron chi connectivity index (χ1n) is 7.92. The van der Waals surface area contributed by atoms with E-state index in [1.165, 1.54) is 18.2 Å². The molecule has 1 amide bonds. The minimum Gasteiger partial charge on any atom is -0.479 e. The van der Waals surface area contributed by atoms with E-state index in [0.29, 0.717) is 0 Å². The van der Waals surface area contributed by atoms with Gasteiger partial charge in [-0.25, -0.2) is 9.18 Å². The van der Waals surface area contributed by atoms with Crippen molar-refractivity contribution >= 4 is 17.6 Å². The minimum absolute atomic E-state index is 0.0450. The highest BCUT2D eigenvalue weighted by Crippen LogP contribution is 2.21. The molecule has 6 heteroatoms. The van der Waals surface area contributed by atoms with Gasteiger partial charge in [-0.05, 0) is 36.6 Å². The molecule has 0 fully saturated rings. The summed E-state index contributed by atoms with van der Waals surface area (Å²) in [5.74, 6) is -1.81. The Morgan fingerprint density at radius 3 is 2.56 bits per heavy atom. The summed E-state index contributed by atoms with van der Waals surface area (Å²) in [4.78, 5) is 23.6.